The van der Waals surface area contributed by atoms with Crippen LogP contribution in [-0.4, -0.2) is 24.5 Å². The molecular weight excluding hydrogens is 263 g/mol. The van der Waals surface area contributed by atoms with Gasteiger partial charge in [0, 0.05) is 19.1 Å². The molecule has 0 aromatic heterocycles. The molecule has 0 spiro atoms. The van der Waals surface area contributed by atoms with Crippen LogP contribution in [0.1, 0.15) is 51.3 Å². The van der Waals surface area contributed by atoms with E-state index in [0.29, 0.717) is 17.4 Å². The molecular formula is C18H31FN2. The lowest BCUT2D eigenvalue weighted by Gasteiger charge is -2.27. The summed E-state index contributed by atoms with van der Waals surface area (Å²) in [6.45, 7) is 13.9. The Kier molecular flexibility index (Phi) is 7.33. The van der Waals surface area contributed by atoms with Gasteiger partial charge in [-0.05, 0) is 48.9 Å². The van der Waals surface area contributed by atoms with Crippen LogP contribution in [0.3, 0.4) is 0 Å². The smallest absolute Gasteiger partial charge is 0.126 e. The van der Waals surface area contributed by atoms with Gasteiger partial charge in [0.1, 0.15) is 5.82 Å². The van der Waals surface area contributed by atoms with Crippen LogP contribution < -0.4 is 5.73 Å². The predicted octanol–water partition coefficient (Wildman–Crippen LogP) is 4.14. The first kappa shape index (κ1) is 18.1. The van der Waals surface area contributed by atoms with E-state index in [1.807, 2.05) is 12.1 Å². The molecule has 1 rings (SSSR count). The minimum Gasteiger partial charge on any atom is -0.324 e. The van der Waals surface area contributed by atoms with E-state index >= 15 is 0 Å². The molecule has 21 heavy (non-hydrogen) atoms. The molecule has 0 aliphatic carbocycles. The highest BCUT2D eigenvalue weighted by Crippen LogP contribution is 2.18. The second-order valence-electron chi connectivity index (χ2n) is 6.95. The molecule has 0 bridgehead atoms. The summed E-state index contributed by atoms with van der Waals surface area (Å²) in [5.74, 6) is 1.14. The highest BCUT2D eigenvalue weighted by molar-refractivity contribution is 5.25. The van der Waals surface area contributed by atoms with Gasteiger partial charge >= 0.3 is 0 Å². The van der Waals surface area contributed by atoms with Crippen LogP contribution in [0, 0.1) is 24.6 Å². The molecule has 0 aliphatic heterocycles. The van der Waals surface area contributed by atoms with Crippen LogP contribution in [0.2, 0.25) is 0 Å². The van der Waals surface area contributed by atoms with Gasteiger partial charge in [0.15, 0.2) is 0 Å². The summed E-state index contributed by atoms with van der Waals surface area (Å²) in [5.41, 5.74) is 7.80. The van der Waals surface area contributed by atoms with Crippen molar-refractivity contribution >= 4 is 0 Å². The van der Waals surface area contributed by atoms with Crippen molar-refractivity contribution in [2.24, 2.45) is 17.6 Å². The number of hydrogen-bond acceptors (Lipinski definition) is 2. The lowest BCUT2D eigenvalue weighted by Crippen LogP contribution is -2.33. The third kappa shape index (κ3) is 6.58. The van der Waals surface area contributed by atoms with E-state index in [1.54, 1.807) is 13.0 Å². The molecule has 2 nitrogen and oxygen atoms in total. The standard InChI is InChI=1S/C18H31FN2/c1-13(2)11-21(12-14(3)4)9-8-18(20)16-7-6-15(5)17(19)10-16/h6-7,10,13-14,18H,8-9,11-12,20H2,1-5H3. The van der Waals surface area contributed by atoms with Crippen molar-refractivity contribution in [2.45, 2.75) is 47.1 Å². The second-order valence-corrected chi connectivity index (χ2v) is 6.95. The molecule has 1 unspecified atom stereocenters. The summed E-state index contributed by atoms with van der Waals surface area (Å²) in [5, 5.41) is 0. The number of rotatable bonds is 8. The Balaban J connectivity index is 2.59. The van der Waals surface area contributed by atoms with Crippen LogP contribution in [-0.2, 0) is 0 Å². The predicted molar refractivity (Wildman–Crippen MR) is 88.8 cm³/mol. The molecule has 0 radical (unpaired) electrons. The first-order valence-electron chi connectivity index (χ1n) is 8.03. The Bertz CT molecular complexity index is 419. The van der Waals surface area contributed by atoms with Gasteiger partial charge in [-0.15, -0.1) is 0 Å². The van der Waals surface area contributed by atoms with Crippen molar-refractivity contribution < 1.29 is 4.39 Å². The maximum absolute atomic E-state index is 13.6. The van der Waals surface area contributed by atoms with E-state index in [2.05, 4.69) is 32.6 Å². The molecule has 0 fully saturated rings. The number of hydrogen-bond donors (Lipinski definition) is 1. The Morgan fingerprint density at radius 2 is 1.67 bits per heavy atom. The highest BCUT2D eigenvalue weighted by atomic mass is 19.1. The zero-order valence-electron chi connectivity index (χ0n) is 14.2. The average Bonchev–Trinajstić information content (AvgIpc) is 2.37. The Hall–Kier alpha value is -0.930. The van der Waals surface area contributed by atoms with Gasteiger partial charge in [0.2, 0.25) is 0 Å². The zero-order valence-corrected chi connectivity index (χ0v) is 14.2. The van der Waals surface area contributed by atoms with Crippen LogP contribution >= 0.6 is 0 Å². The van der Waals surface area contributed by atoms with Crippen LogP contribution in [0.25, 0.3) is 0 Å². The maximum Gasteiger partial charge on any atom is 0.126 e. The first-order valence-corrected chi connectivity index (χ1v) is 8.03. The van der Waals surface area contributed by atoms with Gasteiger partial charge in [-0.2, -0.15) is 0 Å². The fraction of sp³-hybridized carbons (Fsp3) is 0.667. The molecule has 3 heteroatoms. The normalized spacial score (nSPS) is 13.4. The SMILES string of the molecule is Cc1ccc(C(N)CCN(CC(C)C)CC(C)C)cc1F. The minimum atomic E-state index is -0.163. The number of halogens is 1. The molecule has 1 aromatic carbocycles. The molecule has 2 N–H and O–H groups in total. The molecule has 120 valence electrons. The highest BCUT2D eigenvalue weighted by Gasteiger charge is 2.13. The van der Waals surface area contributed by atoms with E-state index in [4.69, 9.17) is 5.73 Å². The molecule has 0 saturated heterocycles. The summed E-state index contributed by atoms with van der Waals surface area (Å²) >= 11 is 0. The quantitative estimate of drug-likeness (QED) is 0.781. The number of nitrogens with zero attached hydrogens (tertiary/aromatic N) is 1. The monoisotopic (exact) mass is 294 g/mol. The molecule has 0 heterocycles. The Morgan fingerprint density at radius 1 is 1.10 bits per heavy atom. The maximum atomic E-state index is 13.6. The average molecular weight is 294 g/mol. The van der Waals surface area contributed by atoms with Crippen LogP contribution in [0.5, 0.6) is 0 Å². The van der Waals surface area contributed by atoms with Crippen molar-refractivity contribution in [3.8, 4) is 0 Å². The lowest BCUT2D eigenvalue weighted by molar-refractivity contribution is 0.212. The minimum absolute atomic E-state index is 0.0954. The molecule has 1 atom stereocenters. The summed E-state index contributed by atoms with van der Waals surface area (Å²) in [7, 11) is 0. The van der Waals surface area contributed by atoms with E-state index in [0.717, 1.165) is 31.6 Å². The zero-order chi connectivity index (χ0) is 16.0. The molecule has 0 amide bonds. The van der Waals surface area contributed by atoms with Gasteiger partial charge in [0.05, 0.1) is 0 Å². The summed E-state index contributed by atoms with van der Waals surface area (Å²) in [4.78, 5) is 2.47. The molecule has 0 aliphatic rings. The third-order valence-corrected chi connectivity index (χ3v) is 3.63. The number of benzene rings is 1. The van der Waals surface area contributed by atoms with Crippen LogP contribution in [0.4, 0.5) is 4.39 Å². The van der Waals surface area contributed by atoms with E-state index < -0.39 is 0 Å². The second kappa shape index (κ2) is 8.50. The van der Waals surface area contributed by atoms with E-state index in [9.17, 15) is 4.39 Å². The van der Waals surface area contributed by atoms with Gasteiger partial charge in [-0.25, -0.2) is 4.39 Å². The van der Waals surface area contributed by atoms with Gasteiger partial charge in [-0.1, -0.05) is 39.8 Å². The number of nitrogens with two attached hydrogens (primary N) is 1. The summed E-state index contributed by atoms with van der Waals surface area (Å²) in [6.07, 6.45) is 0.863. The van der Waals surface area contributed by atoms with Gasteiger partial charge < -0.3 is 10.6 Å². The summed E-state index contributed by atoms with van der Waals surface area (Å²) < 4.78 is 13.6. The van der Waals surface area contributed by atoms with Crippen molar-refractivity contribution in [3.63, 3.8) is 0 Å². The van der Waals surface area contributed by atoms with Crippen molar-refractivity contribution in [1.82, 2.24) is 4.90 Å². The fourth-order valence-electron chi connectivity index (χ4n) is 2.62. The van der Waals surface area contributed by atoms with Crippen molar-refractivity contribution in [1.29, 1.82) is 0 Å². The fourth-order valence-corrected chi connectivity index (χ4v) is 2.62. The van der Waals surface area contributed by atoms with Gasteiger partial charge in [-0.3, -0.25) is 0 Å². The Labute approximate surface area is 129 Å². The van der Waals surface area contributed by atoms with E-state index in [1.165, 1.54) is 0 Å². The molecule has 1 aromatic rings. The molecule has 0 saturated carbocycles. The van der Waals surface area contributed by atoms with Crippen molar-refractivity contribution in [3.05, 3.63) is 35.1 Å². The lowest BCUT2D eigenvalue weighted by atomic mass is 10.0. The Morgan fingerprint density at radius 3 is 2.14 bits per heavy atom. The first-order chi connectivity index (χ1) is 9.79. The number of aryl methyl sites for hydroxylation is 1. The van der Waals surface area contributed by atoms with Gasteiger partial charge in [0.25, 0.3) is 0 Å². The van der Waals surface area contributed by atoms with Crippen LogP contribution in [0.15, 0.2) is 18.2 Å². The van der Waals surface area contributed by atoms with Crippen molar-refractivity contribution in [2.75, 3.05) is 19.6 Å². The largest absolute Gasteiger partial charge is 0.324 e. The third-order valence-electron chi connectivity index (χ3n) is 3.63. The van der Waals surface area contributed by atoms with E-state index in [-0.39, 0.29) is 11.9 Å². The topological polar surface area (TPSA) is 29.3 Å². The summed E-state index contributed by atoms with van der Waals surface area (Å²) in [6, 6.07) is 5.24.